The number of hydrogen-bond acceptors (Lipinski definition) is 2. The number of carbonyl (C=O) groups excluding carboxylic acids is 1. The van der Waals surface area contributed by atoms with Gasteiger partial charge in [0.2, 0.25) is 0 Å². The van der Waals surface area contributed by atoms with E-state index in [4.69, 9.17) is 0 Å². The number of rotatable bonds is 4. The van der Waals surface area contributed by atoms with Crippen LogP contribution in [-0.2, 0) is 4.57 Å². The first-order valence-electron chi connectivity index (χ1n) is 4.71. The summed E-state index contributed by atoms with van der Waals surface area (Å²) in [4.78, 5) is 11.6. The Morgan fingerprint density at radius 3 is 2.71 bits per heavy atom. The van der Waals surface area contributed by atoms with E-state index in [-0.39, 0.29) is 5.52 Å². The Labute approximate surface area is 85.1 Å². The quantitative estimate of drug-likeness (QED) is 0.712. The first-order valence-corrected chi connectivity index (χ1v) is 6.15. The standard InChI is InChI=1S/C11H14O2P/c1-3-7-14(13)11(12)10-6-4-5-9(2)8-10/h4-6,8H,3,7H2,1-2H3/q+1. The van der Waals surface area contributed by atoms with Gasteiger partial charge in [-0.05, 0) is 25.5 Å². The lowest BCUT2D eigenvalue weighted by Gasteiger charge is -1.93. The van der Waals surface area contributed by atoms with Crippen molar-refractivity contribution >= 4 is 13.3 Å². The molecule has 0 N–H and O–H groups in total. The van der Waals surface area contributed by atoms with E-state index in [1.165, 1.54) is 0 Å². The highest BCUT2D eigenvalue weighted by molar-refractivity contribution is 7.64. The molecule has 0 aliphatic carbocycles. The minimum Gasteiger partial charge on any atom is -0.234 e. The number of hydrogen-bond donors (Lipinski definition) is 0. The van der Waals surface area contributed by atoms with Crippen molar-refractivity contribution in [1.29, 1.82) is 0 Å². The third-order valence-corrected chi connectivity index (χ3v) is 3.48. The van der Waals surface area contributed by atoms with Crippen LogP contribution in [0.2, 0.25) is 0 Å². The smallest absolute Gasteiger partial charge is 0.234 e. The third-order valence-electron chi connectivity index (χ3n) is 1.92. The van der Waals surface area contributed by atoms with Crippen molar-refractivity contribution in [1.82, 2.24) is 0 Å². The van der Waals surface area contributed by atoms with Crippen molar-refractivity contribution in [3.05, 3.63) is 35.4 Å². The summed E-state index contributed by atoms with van der Waals surface area (Å²) in [7, 11) is -1.72. The Morgan fingerprint density at radius 1 is 1.43 bits per heavy atom. The van der Waals surface area contributed by atoms with Gasteiger partial charge in [-0.15, -0.1) is 0 Å². The maximum atomic E-state index is 11.6. The Morgan fingerprint density at radius 2 is 2.14 bits per heavy atom. The van der Waals surface area contributed by atoms with Crippen LogP contribution in [0.1, 0.15) is 29.3 Å². The summed E-state index contributed by atoms with van der Waals surface area (Å²) >= 11 is 0. The van der Waals surface area contributed by atoms with E-state index in [0.717, 1.165) is 12.0 Å². The lowest BCUT2D eigenvalue weighted by molar-refractivity contribution is 0.107. The molecule has 2 nitrogen and oxygen atoms in total. The van der Waals surface area contributed by atoms with Gasteiger partial charge in [-0.3, -0.25) is 0 Å². The Bertz CT molecular complexity index is 358. The highest BCUT2D eigenvalue weighted by atomic mass is 31.1. The fourth-order valence-electron chi connectivity index (χ4n) is 1.23. The maximum absolute atomic E-state index is 11.6. The van der Waals surface area contributed by atoms with Crippen molar-refractivity contribution in [3.8, 4) is 0 Å². The molecule has 0 amide bonds. The first kappa shape index (κ1) is 11.1. The van der Waals surface area contributed by atoms with Gasteiger partial charge in [-0.25, -0.2) is 4.79 Å². The highest BCUT2D eigenvalue weighted by Crippen LogP contribution is 2.27. The molecule has 0 saturated heterocycles. The molecule has 0 fully saturated rings. The summed E-state index contributed by atoms with van der Waals surface area (Å²) < 4.78 is 11.5. The van der Waals surface area contributed by atoms with Gasteiger partial charge in [0, 0.05) is 0 Å². The molecule has 74 valence electrons. The Balaban J connectivity index is 2.84. The third kappa shape index (κ3) is 2.74. The molecule has 0 saturated carbocycles. The van der Waals surface area contributed by atoms with Gasteiger partial charge in [-0.1, -0.05) is 29.2 Å². The summed E-state index contributed by atoms with van der Waals surface area (Å²) in [5, 5.41) is 0. The zero-order valence-corrected chi connectivity index (χ0v) is 9.38. The molecule has 0 aromatic heterocycles. The van der Waals surface area contributed by atoms with E-state index in [1.54, 1.807) is 12.1 Å². The van der Waals surface area contributed by atoms with Crippen molar-refractivity contribution in [2.75, 3.05) is 6.16 Å². The minimum absolute atomic E-state index is 0.217. The Hall–Kier alpha value is -1.01. The minimum atomic E-state index is -1.72. The number of benzene rings is 1. The van der Waals surface area contributed by atoms with Crippen molar-refractivity contribution < 1.29 is 9.36 Å². The van der Waals surface area contributed by atoms with E-state index >= 15 is 0 Å². The summed E-state index contributed by atoms with van der Waals surface area (Å²) in [6.07, 6.45) is 1.27. The van der Waals surface area contributed by atoms with Gasteiger partial charge in [0.25, 0.3) is 0 Å². The number of aryl methyl sites for hydroxylation is 1. The zero-order valence-electron chi connectivity index (χ0n) is 8.49. The van der Waals surface area contributed by atoms with Crippen LogP contribution in [0.5, 0.6) is 0 Å². The van der Waals surface area contributed by atoms with Crippen LogP contribution < -0.4 is 0 Å². The van der Waals surface area contributed by atoms with E-state index in [1.807, 2.05) is 26.0 Å². The molecule has 1 atom stereocenters. The molecule has 0 bridgehead atoms. The van der Waals surface area contributed by atoms with Crippen LogP contribution in [0.3, 0.4) is 0 Å². The molecule has 0 radical (unpaired) electrons. The predicted octanol–water partition coefficient (Wildman–Crippen LogP) is 3.37. The summed E-state index contributed by atoms with van der Waals surface area (Å²) in [5.74, 6) is 0. The first-order chi connectivity index (χ1) is 6.65. The summed E-state index contributed by atoms with van der Waals surface area (Å²) in [5.41, 5.74) is 1.38. The van der Waals surface area contributed by atoms with Crippen LogP contribution in [0.25, 0.3) is 0 Å². The summed E-state index contributed by atoms with van der Waals surface area (Å²) in [6, 6.07) is 7.24. The van der Waals surface area contributed by atoms with Crippen molar-refractivity contribution in [2.45, 2.75) is 20.3 Å². The van der Waals surface area contributed by atoms with Crippen LogP contribution in [0.4, 0.5) is 0 Å². The van der Waals surface area contributed by atoms with Gasteiger partial charge in [-0.2, -0.15) is 0 Å². The lowest BCUT2D eigenvalue weighted by Crippen LogP contribution is -1.95. The van der Waals surface area contributed by atoms with Gasteiger partial charge in [0.05, 0.1) is 5.56 Å². The molecule has 0 spiro atoms. The second-order valence-corrected chi connectivity index (χ2v) is 4.89. The van der Waals surface area contributed by atoms with Crippen LogP contribution in [-0.4, -0.2) is 11.7 Å². The lowest BCUT2D eigenvalue weighted by atomic mass is 10.2. The molecule has 0 aliphatic heterocycles. The van der Waals surface area contributed by atoms with Crippen LogP contribution in [0.15, 0.2) is 24.3 Å². The van der Waals surface area contributed by atoms with E-state index in [9.17, 15) is 9.36 Å². The topological polar surface area (TPSA) is 34.1 Å². The van der Waals surface area contributed by atoms with Gasteiger partial charge in [0.1, 0.15) is 0 Å². The normalized spacial score (nSPS) is 11.1. The molecular formula is C11H14O2P+. The molecule has 0 heterocycles. The van der Waals surface area contributed by atoms with E-state index in [0.29, 0.717) is 11.7 Å². The fourth-order valence-corrected chi connectivity index (χ4v) is 2.26. The van der Waals surface area contributed by atoms with Crippen LogP contribution in [0, 0.1) is 6.92 Å². The second kappa shape index (κ2) is 5.02. The molecular weight excluding hydrogens is 195 g/mol. The summed E-state index contributed by atoms with van der Waals surface area (Å²) in [6.45, 7) is 3.85. The molecule has 1 unspecified atom stereocenters. The van der Waals surface area contributed by atoms with E-state index in [2.05, 4.69) is 0 Å². The molecule has 0 aliphatic rings. The molecule has 3 heteroatoms. The van der Waals surface area contributed by atoms with Gasteiger partial charge >= 0.3 is 13.3 Å². The van der Waals surface area contributed by atoms with E-state index < -0.39 is 7.80 Å². The number of carbonyl (C=O) groups is 1. The SMILES string of the molecule is CCC[P+](=O)C(=O)c1cccc(C)c1. The van der Waals surface area contributed by atoms with Gasteiger partial charge in [0.15, 0.2) is 6.16 Å². The molecule has 1 aromatic rings. The largest absolute Gasteiger partial charge is 0.420 e. The average Bonchev–Trinajstić information content (AvgIpc) is 2.17. The van der Waals surface area contributed by atoms with Crippen molar-refractivity contribution in [2.24, 2.45) is 0 Å². The Kier molecular flexibility index (Phi) is 3.97. The zero-order chi connectivity index (χ0) is 10.6. The van der Waals surface area contributed by atoms with Crippen molar-refractivity contribution in [3.63, 3.8) is 0 Å². The average molecular weight is 209 g/mol. The second-order valence-electron chi connectivity index (χ2n) is 3.28. The molecule has 1 aromatic carbocycles. The van der Waals surface area contributed by atoms with Gasteiger partial charge < -0.3 is 0 Å². The maximum Gasteiger partial charge on any atom is 0.420 e. The van der Waals surface area contributed by atoms with Crippen LogP contribution >= 0.6 is 7.80 Å². The highest BCUT2D eigenvalue weighted by Gasteiger charge is 2.27. The predicted molar refractivity (Wildman–Crippen MR) is 58.3 cm³/mol. The fraction of sp³-hybridized carbons (Fsp3) is 0.364. The monoisotopic (exact) mass is 209 g/mol. The molecule has 14 heavy (non-hydrogen) atoms. The molecule has 1 rings (SSSR count).